The van der Waals surface area contributed by atoms with Crippen LogP contribution < -0.4 is 5.73 Å². The van der Waals surface area contributed by atoms with Crippen molar-refractivity contribution in [1.82, 2.24) is 0 Å². The van der Waals surface area contributed by atoms with Crippen LogP contribution in [0.2, 0.25) is 5.02 Å². The molecule has 1 fully saturated rings. The van der Waals surface area contributed by atoms with Crippen LogP contribution in [0.1, 0.15) is 11.6 Å². The van der Waals surface area contributed by atoms with Crippen LogP contribution in [0.25, 0.3) is 0 Å². The van der Waals surface area contributed by atoms with E-state index in [4.69, 9.17) is 26.8 Å². The third kappa shape index (κ3) is 2.52. The van der Waals surface area contributed by atoms with Gasteiger partial charge in [-0.3, -0.25) is 0 Å². The van der Waals surface area contributed by atoms with Crippen molar-refractivity contribution >= 4 is 11.6 Å². The Morgan fingerprint density at radius 1 is 1.44 bits per heavy atom. The maximum Gasteiger partial charge on any atom is 0.129 e. The number of hydrogen-bond acceptors (Lipinski definition) is 3. The van der Waals surface area contributed by atoms with E-state index in [-0.39, 0.29) is 6.10 Å². The molecule has 1 aliphatic rings. The second-order valence-electron chi connectivity index (χ2n) is 3.68. The molecule has 2 unspecified atom stereocenters. The first-order chi connectivity index (χ1) is 7.68. The standard InChI is InChI=1S/C11H13ClFNO2/c12-7-1-2-8(9(13)5-7)11(14)10-6-15-3-4-16-10/h1-2,5,10-11H,3-4,6,14H2. The lowest BCUT2D eigenvalue weighted by Crippen LogP contribution is -2.38. The van der Waals surface area contributed by atoms with Gasteiger partial charge < -0.3 is 15.2 Å². The van der Waals surface area contributed by atoms with Gasteiger partial charge in [-0.1, -0.05) is 17.7 Å². The summed E-state index contributed by atoms with van der Waals surface area (Å²) in [6.07, 6.45) is -0.301. The molecule has 0 spiro atoms. The van der Waals surface area contributed by atoms with Gasteiger partial charge >= 0.3 is 0 Å². The SMILES string of the molecule is NC(c1ccc(Cl)cc1F)C1COCCO1. The van der Waals surface area contributed by atoms with Crippen LogP contribution in [0.15, 0.2) is 18.2 Å². The van der Waals surface area contributed by atoms with Crippen LogP contribution in [-0.4, -0.2) is 25.9 Å². The van der Waals surface area contributed by atoms with E-state index < -0.39 is 11.9 Å². The molecule has 0 saturated carbocycles. The first-order valence-electron chi connectivity index (χ1n) is 5.08. The third-order valence-electron chi connectivity index (χ3n) is 2.56. The van der Waals surface area contributed by atoms with Gasteiger partial charge in [0.2, 0.25) is 0 Å². The van der Waals surface area contributed by atoms with Crippen molar-refractivity contribution in [2.45, 2.75) is 12.1 Å². The summed E-state index contributed by atoms with van der Waals surface area (Å²) in [4.78, 5) is 0. The zero-order valence-electron chi connectivity index (χ0n) is 8.66. The molecule has 0 aromatic heterocycles. The molecule has 1 aliphatic heterocycles. The highest BCUT2D eigenvalue weighted by molar-refractivity contribution is 6.30. The van der Waals surface area contributed by atoms with Gasteiger partial charge in [-0.25, -0.2) is 4.39 Å². The molecule has 5 heteroatoms. The van der Waals surface area contributed by atoms with Crippen LogP contribution >= 0.6 is 11.6 Å². The maximum absolute atomic E-state index is 13.6. The van der Waals surface area contributed by atoms with Crippen LogP contribution in [-0.2, 0) is 9.47 Å². The summed E-state index contributed by atoms with van der Waals surface area (Å²) in [5, 5.41) is 0.356. The Bertz CT molecular complexity index is 369. The van der Waals surface area contributed by atoms with Crippen LogP contribution in [0.4, 0.5) is 4.39 Å². The van der Waals surface area contributed by atoms with Gasteiger partial charge in [-0.2, -0.15) is 0 Å². The molecule has 2 atom stereocenters. The molecule has 1 heterocycles. The molecule has 1 aromatic rings. The molecule has 3 nitrogen and oxygen atoms in total. The van der Waals surface area contributed by atoms with Crippen LogP contribution in [0.3, 0.4) is 0 Å². The van der Waals surface area contributed by atoms with Gasteiger partial charge in [-0.05, 0) is 12.1 Å². The molecule has 88 valence electrons. The minimum Gasteiger partial charge on any atom is -0.376 e. The fourth-order valence-corrected chi connectivity index (χ4v) is 1.84. The molecule has 1 saturated heterocycles. The Hall–Kier alpha value is -0.680. The molecule has 2 N–H and O–H groups in total. The Balaban J connectivity index is 2.15. The summed E-state index contributed by atoms with van der Waals surface area (Å²) in [5.74, 6) is -0.408. The van der Waals surface area contributed by atoms with Crippen molar-refractivity contribution in [1.29, 1.82) is 0 Å². The van der Waals surface area contributed by atoms with E-state index in [1.165, 1.54) is 6.07 Å². The number of rotatable bonds is 2. The Morgan fingerprint density at radius 3 is 2.88 bits per heavy atom. The van der Waals surface area contributed by atoms with Crippen molar-refractivity contribution in [3.8, 4) is 0 Å². The Morgan fingerprint density at radius 2 is 2.25 bits per heavy atom. The topological polar surface area (TPSA) is 44.5 Å². The lowest BCUT2D eigenvalue weighted by Gasteiger charge is -2.28. The average molecular weight is 246 g/mol. The number of ether oxygens (including phenoxy) is 2. The number of halogens is 2. The van der Waals surface area contributed by atoms with E-state index in [1.54, 1.807) is 12.1 Å². The highest BCUT2D eigenvalue weighted by Gasteiger charge is 2.25. The summed E-state index contributed by atoms with van der Waals surface area (Å²) in [5.41, 5.74) is 6.34. The zero-order chi connectivity index (χ0) is 11.5. The number of nitrogens with two attached hydrogens (primary N) is 1. The summed E-state index contributed by atoms with van der Waals surface area (Å²) in [7, 11) is 0. The van der Waals surface area contributed by atoms with Gasteiger partial charge in [0.25, 0.3) is 0 Å². The van der Waals surface area contributed by atoms with Gasteiger partial charge in [0.15, 0.2) is 0 Å². The summed E-state index contributed by atoms with van der Waals surface area (Å²) >= 11 is 5.67. The monoisotopic (exact) mass is 245 g/mol. The third-order valence-corrected chi connectivity index (χ3v) is 2.80. The number of hydrogen-bond donors (Lipinski definition) is 1. The molecular weight excluding hydrogens is 233 g/mol. The van der Waals surface area contributed by atoms with Gasteiger partial charge in [0.1, 0.15) is 11.9 Å². The fourth-order valence-electron chi connectivity index (χ4n) is 1.69. The highest BCUT2D eigenvalue weighted by atomic mass is 35.5. The van der Waals surface area contributed by atoms with Crippen molar-refractivity contribution in [2.24, 2.45) is 5.73 Å². The van der Waals surface area contributed by atoms with E-state index in [1.807, 2.05) is 0 Å². The summed E-state index contributed by atoms with van der Waals surface area (Å²) in [6, 6.07) is 3.92. The maximum atomic E-state index is 13.6. The van der Waals surface area contributed by atoms with E-state index in [0.29, 0.717) is 30.4 Å². The number of benzene rings is 1. The first-order valence-corrected chi connectivity index (χ1v) is 5.46. The minimum absolute atomic E-state index is 0.301. The predicted molar refractivity (Wildman–Crippen MR) is 58.9 cm³/mol. The Labute approximate surface area is 98.3 Å². The largest absolute Gasteiger partial charge is 0.376 e. The fraction of sp³-hybridized carbons (Fsp3) is 0.455. The Kier molecular flexibility index (Phi) is 3.76. The lowest BCUT2D eigenvalue weighted by atomic mass is 10.0. The average Bonchev–Trinajstić information content (AvgIpc) is 2.29. The van der Waals surface area contributed by atoms with Crippen molar-refractivity contribution < 1.29 is 13.9 Å². The summed E-state index contributed by atoms with van der Waals surface area (Å²) in [6.45, 7) is 1.45. The van der Waals surface area contributed by atoms with Crippen LogP contribution in [0.5, 0.6) is 0 Å². The second-order valence-corrected chi connectivity index (χ2v) is 4.11. The second kappa shape index (κ2) is 5.10. The van der Waals surface area contributed by atoms with Crippen LogP contribution in [0, 0.1) is 5.82 Å². The van der Waals surface area contributed by atoms with Gasteiger partial charge in [0.05, 0.1) is 25.9 Å². The molecule has 1 aromatic carbocycles. The normalized spacial score (nSPS) is 23.1. The molecule has 2 rings (SSSR count). The zero-order valence-corrected chi connectivity index (χ0v) is 9.41. The lowest BCUT2D eigenvalue weighted by molar-refractivity contribution is -0.0978. The van der Waals surface area contributed by atoms with E-state index in [2.05, 4.69) is 0 Å². The molecule has 0 radical (unpaired) electrons. The smallest absolute Gasteiger partial charge is 0.129 e. The first kappa shape index (κ1) is 11.8. The van der Waals surface area contributed by atoms with E-state index in [9.17, 15) is 4.39 Å². The van der Waals surface area contributed by atoms with Gasteiger partial charge in [-0.15, -0.1) is 0 Å². The molecule has 0 bridgehead atoms. The molecular formula is C11H13ClFNO2. The van der Waals surface area contributed by atoms with Crippen molar-refractivity contribution in [2.75, 3.05) is 19.8 Å². The predicted octanol–water partition coefficient (Wildman–Crippen LogP) is 1.89. The van der Waals surface area contributed by atoms with E-state index >= 15 is 0 Å². The minimum atomic E-state index is -0.530. The molecule has 16 heavy (non-hydrogen) atoms. The van der Waals surface area contributed by atoms with Gasteiger partial charge in [0, 0.05) is 10.6 Å². The quantitative estimate of drug-likeness (QED) is 0.866. The molecule has 0 aliphatic carbocycles. The molecule has 0 amide bonds. The van der Waals surface area contributed by atoms with E-state index in [0.717, 1.165) is 0 Å². The van der Waals surface area contributed by atoms with Crippen molar-refractivity contribution in [3.05, 3.63) is 34.6 Å². The highest BCUT2D eigenvalue weighted by Crippen LogP contribution is 2.24. The van der Waals surface area contributed by atoms with Crippen molar-refractivity contribution in [3.63, 3.8) is 0 Å². The summed E-state index contributed by atoms with van der Waals surface area (Å²) < 4.78 is 24.3.